The molecule has 0 N–H and O–H groups in total. The minimum atomic E-state index is -1.10. The summed E-state index contributed by atoms with van der Waals surface area (Å²) in [6.07, 6.45) is -2.37. The lowest BCUT2D eigenvalue weighted by Gasteiger charge is -2.43. The summed E-state index contributed by atoms with van der Waals surface area (Å²) >= 11 is 1.21. The van der Waals surface area contributed by atoms with Gasteiger partial charge >= 0.3 is 23.9 Å². The monoisotopic (exact) mass is 378 g/mol. The van der Waals surface area contributed by atoms with E-state index in [1.165, 1.54) is 39.5 Å². The summed E-state index contributed by atoms with van der Waals surface area (Å²) in [5, 5.41) is 0. The first kappa shape index (κ1) is 21.2. The molecule has 0 radical (unpaired) electrons. The Labute approximate surface area is 149 Å². The molecular weight excluding hydrogens is 356 g/mol. The molecule has 1 saturated heterocycles. The molecule has 0 aromatic rings. The van der Waals surface area contributed by atoms with Crippen molar-refractivity contribution in [1.82, 2.24) is 0 Å². The zero-order chi connectivity index (χ0) is 19.1. The number of esters is 4. The molecule has 1 rings (SSSR count). The van der Waals surface area contributed by atoms with Gasteiger partial charge in [0.25, 0.3) is 0 Å². The molecule has 1 heterocycles. The molecule has 1 aliphatic heterocycles. The van der Waals surface area contributed by atoms with Crippen LogP contribution in [0.3, 0.4) is 0 Å². The van der Waals surface area contributed by atoms with Gasteiger partial charge in [-0.15, -0.1) is 11.8 Å². The van der Waals surface area contributed by atoms with Gasteiger partial charge in [-0.25, -0.2) is 0 Å². The molecule has 0 spiro atoms. The van der Waals surface area contributed by atoms with E-state index in [9.17, 15) is 19.2 Å². The van der Waals surface area contributed by atoms with Gasteiger partial charge in [-0.1, -0.05) is 0 Å². The molecule has 1 fully saturated rings. The van der Waals surface area contributed by atoms with Crippen LogP contribution >= 0.6 is 11.8 Å². The Hall–Kier alpha value is -1.81. The molecule has 0 aliphatic carbocycles. The van der Waals surface area contributed by atoms with Crippen LogP contribution in [0.2, 0.25) is 0 Å². The van der Waals surface area contributed by atoms with Crippen molar-refractivity contribution in [3.63, 3.8) is 0 Å². The SMILES string of the molecule is CSC1OC(COC(C)=O)C(OC(C)=O)C(OC(C)=O)C1OC(C)=O. The Morgan fingerprint density at radius 1 is 0.800 bits per heavy atom. The van der Waals surface area contributed by atoms with Crippen molar-refractivity contribution in [1.29, 1.82) is 0 Å². The van der Waals surface area contributed by atoms with E-state index in [0.29, 0.717) is 0 Å². The maximum atomic E-state index is 11.5. The van der Waals surface area contributed by atoms with Crippen molar-refractivity contribution in [2.75, 3.05) is 12.9 Å². The summed E-state index contributed by atoms with van der Waals surface area (Å²) in [5.41, 5.74) is -0.708. The van der Waals surface area contributed by atoms with Crippen molar-refractivity contribution >= 4 is 35.6 Å². The van der Waals surface area contributed by atoms with E-state index in [1.807, 2.05) is 0 Å². The van der Waals surface area contributed by atoms with Crippen molar-refractivity contribution in [3.8, 4) is 0 Å². The third kappa shape index (κ3) is 6.54. The van der Waals surface area contributed by atoms with Crippen LogP contribution in [0, 0.1) is 0 Å². The number of rotatable bonds is 6. The molecule has 1 aliphatic rings. The molecule has 0 bridgehead atoms. The quantitative estimate of drug-likeness (QED) is 0.476. The predicted molar refractivity (Wildman–Crippen MR) is 85.5 cm³/mol. The van der Waals surface area contributed by atoms with Crippen molar-refractivity contribution in [3.05, 3.63) is 0 Å². The fourth-order valence-electron chi connectivity index (χ4n) is 2.38. The van der Waals surface area contributed by atoms with Gasteiger partial charge in [-0.05, 0) is 6.26 Å². The normalized spacial score (nSPS) is 28.6. The van der Waals surface area contributed by atoms with Crippen LogP contribution < -0.4 is 0 Å². The van der Waals surface area contributed by atoms with Crippen LogP contribution in [0.5, 0.6) is 0 Å². The number of thioether (sulfide) groups is 1. The molecule has 5 atom stereocenters. The average molecular weight is 378 g/mol. The lowest BCUT2D eigenvalue weighted by atomic mass is 9.99. The Morgan fingerprint density at radius 3 is 1.72 bits per heavy atom. The fourth-order valence-corrected chi connectivity index (χ4v) is 3.11. The maximum Gasteiger partial charge on any atom is 0.303 e. The van der Waals surface area contributed by atoms with E-state index in [-0.39, 0.29) is 6.61 Å². The fraction of sp³-hybridized carbons (Fsp3) is 0.733. The van der Waals surface area contributed by atoms with Gasteiger partial charge in [0, 0.05) is 27.7 Å². The van der Waals surface area contributed by atoms with Gasteiger partial charge in [-0.2, -0.15) is 0 Å². The van der Waals surface area contributed by atoms with E-state index >= 15 is 0 Å². The van der Waals surface area contributed by atoms with Crippen molar-refractivity contribution in [2.45, 2.75) is 57.5 Å². The maximum absolute atomic E-state index is 11.5. The number of carbonyl (C=O) groups excluding carboxylic acids is 4. The predicted octanol–water partition coefficient (Wildman–Crippen LogP) is 0.432. The zero-order valence-electron chi connectivity index (χ0n) is 14.7. The molecular formula is C15H22O9S. The first-order chi connectivity index (χ1) is 11.6. The van der Waals surface area contributed by atoms with E-state index in [1.54, 1.807) is 6.26 Å². The van der Waals surface area contributed by atoms with Gasteiger partial charge in [0.2, 0.25) is 0 Å². The lowest BCUT2D eigenvalue weighted by Crippen LogP contribution is -2.61. The largest absolute Gasteiger partial charge is 0.463 e. The van der Waals surface area contributed by atoms with Crippen LogP contribution in [0.1, 0.15) is 27.7 Å². The Morgan fingerprint density at radius 2 is 1.28 bits per heavy atom. The van der Waals surface area contributed by atoms with Crippen molar-refractivity contribution < 1.29 is 42.9 Å². The van der Waals surface area contributed by atoms with Gasteiger partial charge in [0.05, 0.1) is 0 Å². The molecule has 0 aromatic heterocycles. The van der Waals surface area contributed by atoms with Gasteiger partial charge in [-0.3, -0.25) is 19.2 Å². The zero-order valence-corrected chi connectivity index (χ0v) is 15.5. The first-order valence-corrected chi connectivity index (χ1v) is 8.77. The number of hydrogen-bond donors (Lipinski definition) is 0. The molecule has 0 aromatic carbocycles. The molecule has 0 saturated carbocycles. The molecule has 25 heavy (non-hydrogen) atoms. The molecule has 9 nitrogen and oxygen atoms in total. The summed E-state index contributed by atoms with van der Waals surface area (Å²) < 4.78 is 26.4. The van der Waals surface area contributed by atoms with Crippen molar-refractivity contribution in [2.24, 2.45) is 0 Å². The summed E-state index contributed by atoms with van der Waals surface area (Å²) in [5.74, 6) is -2.45. The Kier molecular flexibility index (Phi) is 8.17. The van der Waals surface area contributed by atoms with Gasteiger partial charge < -0.3 is 23.7 Å². The number of hydrogen-bond acceptors (Lipinski definition) is 10. The third-order valence-electron chi connectivity index (χ3n) is 3.18. The molecule has 10 heteroatoms. The topological polar surface area (TPSA) is 114 Å². The molecule has 142 valence electrons. The Bertz CT molecular complexity index is 521. The van der Waals surface area contributed by atoms with Crippen LogP contribution in [-0.4, -0.2) is 66.6 Å². The van der Waals surface area contributed by atoms with Crippen LogP contribution in [0.25, 0.3) is 0 Å². The van der Waals surface area contributed by atoms with Crippen LogP contribution in [0.15, 0.2) is 0 Å². The van der Waals surface area contributed by atoms with Gasteiger partial charge in [0.15, 0.2) is 18.3 Å². The third-order valence-corrected chi connectivity index (χ3v) is 4.02. The highest BCUT2D eigenvalue weighted by atomic mass is 32.2. The summed E-state index contributed by atoms with van der Waals surface area (Å²) in [7, 11) is 0. The lowest BCUT2D eigenvalue weighted by molar-refractivity contribution is -0.237. The van der Waals surface area contributed by atoms with E-state index in [2.05, 4.69) is 0 Å². The second-order valence-electron chi connectivity index (χ2n) is 5.30. The first-order valence-electron chi connectivity index (χ1n) is 7.49. The number of carbonyl (C=O) groups is 4. The standard InChI is InChI=1S/C15H22O9S/c1-7(16)20-6-11-12(21-8(2)17)13(22-9(3)18)14(23-10(4)19)15(24-11)25-5/h11-15H,6H2,1-5H3. The van der Waals surface area contributed by atoms with Gasteiger partial charge in [0.1, 0.15) is 18.1 Å². The van der Waals surface area contributed by atoms with E-state index < -0.39 is 53.7 Å². The minimum Gasteiger partial charge on any atom is -0.463 e. The summed E-state index contributed by atoms with van der Waals surface area (Å²) in [4.78, 5) is 45.5. The minimum absolute atomic E-state index is 0.213. The molecule has 0 amide bonds. The second kappa shape index (κ2) is 9.62. The Balaban J connectivity index is 3.18. The second-order valence-corrected chi connectivity index (χ2v) is 6.24. The van der Waals surface area contributed by atoms with E-state index in [0.717, 1.165) is 0 Å². The summed E-state index contributed by atoms with van der Waals surface area (Å²) in [6.45, 7) is 4.57. The summed E-state index contributed by atoms with van der Waals surface area (Å²) in [6, 6.07) is 0. The highest BCUT2D eigenvalue weighted by Crippen LogP contribution is 2.33. The molecule has 5 unspecified atom stereocenters. The van der Waals surface area contributed by atoms with E-state index in [4.69, 9.17) is 23.7 Å². The number of ether oxygens (including phenoxy) is 5. The average Bonchev–Trinajstić information content (AvgIpc) is 2.48. The van der Waals surface area contributed by atoms with Crippen LogP contribution in [-0.2, 0) is 42.9 Å². The highest BCUT2D eigenvalue weighted by molar-refractivity contribution is 7.99. The highest BCUT2D eigenvalue weighted by Gasteiger charge is 2.51. The van der Waals surface area contributed by atoms with Crippen LogP contribution in [0.4, 0.5) is 0 Å². The smallest absolute Gasteiger partial charge is 0.303 e.